The van der Waals surface area contributed by atoms with Crippen molar-refractivity contribution >= 4 is 33.6 Å². The van der Waals surface area contributed by atoms with Crippen molar-refractivity contribution in [3.8, 4) is 6.07 Å². The number of anilines is 1. The van der Waals surface area contributed by atoms with Gasteiger partial charge < -0.3 is 9.64 Å². The minimum Gasteiger partial charge on any atom is -0.466 e. The molecular formula is C22H17BrF3N5O3. The van der Waals surface area contributed by atoms with E-state index in [9.17, 15) is 28.0 Å². The molecule has 34 heavy (non-hydrogen) atoms. The Morgan fingerprint density at radius 1 is 1.24 bits per heavy atom. The molecule has 1 fully saturated rings. The second kappa shape index (κ2) is 8.66. The fourth-order valence-corrected chi connectivity index (χ4v) is 4.72. The largest absolute Gasteiger partial charge is 0.466 e. The van der Waals surface area contributed by atoms with Crippen LogP contribution in [-0.4, -0.2) is 30.3 Å². The van der Waals surface area contributed by atoms with Crippen molar-refractivity contribution in [2.75, 3.05) is 12.0 Å². The first kappa shape index (κ1) is 23.6. The first-order valence-corrected chi connectivity index (χ1v) is 10.7. The average molecular weight is 536 g/mol. The van der Waals surface area contributed by atoms with Crippen LogP contribution in [0.25, 0.3) is 0 Å². The highest BCUT2D eigenvalue weighted by atomic mass is 79.9. The number of amides is 2. The van der Waals surface area contributed by atoms with Crippen LogP contribution >= 0.6 is 15.9 Å². The van der Waals surface area contributed by atoms with Gasteiger partial charge in [-0.3, -0.25) is 10.3 Å². The van der Waals surface area contributed by atoms with E-state index in [-0.39, 0.29) is 17.0 Å². The number of nitriles is 1. The van der Waals surface area contributed by atoms with Gasteiger partial charge in [0.05, 0.1) is 35.9 Å². The summed E-state index contributed by atoms with van der Waals surface area (Å²) in [6, 6.07) is 9.73. The molecular weight excluding hydrogens is 519 g/mol. The third kappa shape index (κ3) is 3.86. The van der Waals surface area contributed by atoms with Gasteiger partial charge in [-0.25, -0.2) is 9.59 Å². The van der Waals surface area contributed by atoms with Crippen LogP contribution in [0.4, 0.5) is 23.7 Å². The van der Waals surface area contributed by atoms with Gasteiger partial charge in [0.25, 0.3) is 0 Å². The number of nitrogens with zero attached hydrogens (tertiary/aromatic N) is 3. The minimum atomic E-state index is -4.58. The Morgan fingerprint density at radius 2 is 1.97 bits per heavy atom. The molecule has 2 aromatic rings. The molecule has 0 spiro atoms. The van der Waals surface area contributed by atoms with E-state index in [1.165, 1.54) is 29.0 Å². The fraction of sp³-hybridized carbons (Fsp3) is 0.227. The maximum absolute atomic E-state index is 13.4. The molecule has 2 heterocycles. The number of ether oxygens (including phenoxy) is 1. The van der Waals surface area contributed by atoms with Crippen LogP contribution in [0.15, 0.2) is 58.2 Å². The Balaban J connectivity index is 1.96. The fourth-order valence-electron chi connectivity index (χ4n) is 4.13. The van der Waals surface area contributed by atoms with Crippen molar-refractivity contribution in [1.29, 1.82) is 5.26 Å². The van der Waals surface area contributed by atoms with Gasteiger partial charge in [0.2, 0.25) is 0 Å². The Kier molecular flexibility index (Phi) is 6.01. The van der Waals surface area contributed by atoms with Gasteiger partial charge in [0.1, 0.15) is 0 Å². The molecule has 176 valence electrons. The minimum absolute atomic E-state index is 0.0559. The monoisotopic (exact) mass is 535 g/mol. The van der Waals surface area contributed by atoms with Gasteiger partial charge in [-0.1, -0.05) is 28.1 Å². The number of rotatable bonds is 3. The third-order valence-corrected chi connectivity index (χ3v) is 6.32. The number of carbonyl (C=O) groups is 2. The highest BCUT2D eigenvalue weighted by Crippen LogP contribution is 2.44. The molecule has 2 amide bonds. The molecule has 0 aromatic heterocycles. The van der Waals surface area contributed by atoms with Crippen molar-refractivity contribution in [3.05, 3.63) is 74.9 Å². The summed E-state index contributed by atoms with van der Waals surface area (Å²) in [6.07, 6.45) is -5.54. The normalized spacial score (nSPS) is 20.1. The molecule has 2 aliphatic heterocycles. The number of methoxy groups -OCH3 is 1. The van der Waals surface area contributed by atoms with E-state index in [2.05, 4.69) is 26.8 Å². The number of esters is 1. The molecule has 4 rings (SSSR count). The third-order valence-electron chi connectivity index (χ3n) is 5.63. The number of benzene rings is 2. The van der Waals surface area contributed by atoms with Crippen LogP contribution < -0.4 is 15.8 Å². The zero-order chi connectivity index (χ0) is 24.8. The van der Waals surface area contributed by atoms with E-state index in [0.29, 0.717) is 15.6 Å². The summed E-state index contributed by atoms with van der Waals surface area (Å²) in [4.78, 5) is 28.6. The molecule has 2 aliphatic rings. The smallest absolute Gasteiger partial charge is 0.416 e. The van der Waals surface area contributed by atoms with Crippen molar-refractivity contribution in [3.63, 3.8) is 0 Å². The standard InChI is InChI=1S/C22H17BrF3N5O3/c1-11-17(19(32)34-2)18(15-7-6-12(10-27)8-16(15)23)31-20(28-29-21(31)33)30(11)14-5-3-4-13(9-14)22(24,25)26/h3-9,18,20,28H,1-2H3,(H,29,33). The molecule has 0 radical (unpaired) electrons. The molecule has 2 aromatic carbocycles. The second-order valence-electron chi connectivity index (χ2n) is 7.51. The number of alkyl halides is 3. The van der Waals surface area contributed by atoms with E-state index in [4.69, 9.17) is 4.74 Å². The van der Waals surface area contributed by atoms with E-state index in [1.807, 2.05) is 6.07 Å². The van der Waals surface area contributed by atoms with Crippen molar-refractivity contribution in [2.24, 2.45) is 0 Å². The van der Waals surface area contributed by atoms with E-state index in [1.54, 1.807) is 25.1 Å². The van der Waals surface area contributed by atoms with Crippen LogP contribution in [-0.2, 0) is 15.7 Å². The summed E-state index contributed by atoms with van der Waals surface area (Å²) >= 11 is 3.41. The molecule has 0 saturated carbocycles. The molecule has 1 saturated heterocycles. The van der Waals surface area contributed by atoms with E-state index in [0.717, 1.165) is 12.1 Å². The van der Waals surface area contributed by atoms with Crippen LogP contribution in [0.3, 0.4) is 0 Å². The number of hydrogen-bond acceptors (Lipinski definition) is 6. The highest BCUT2D eigenvalue weighted by Gasteiger charge is 2.50. The summed E-state index contributed by atoms with van der Waals surface area (Å²) in [5.41, 5.74) is 5.69. The lowest BCUT2D eigenvalue weighted by atomic mass is 9.92. The van der Waals surface area contributed by atoms with E-state index >= 15 is 0 Å². The number of hydrogen-bond donors (Lipinski definition) is 2. The van der Waals surface area contributed by atoms with Gasteiger partial charge in [-0.05, 0) is 42.8 Å². The summed E-state index contributed by atoms with van der Waals surface area (Å²) in [5, 5.41) is 9.19. The topological polar surface area (TPSA) is 97.7 Å². The first-order valence-electron chi connectivity index (χ1n) is 9.87. The zero-order valence-corrected chi connectivity index (χ0v) is 19.4. The highest BCUT2D eigenvalue weighted by molar-refractivity contribution is 9.10. The predicted octanol–water partition coefficient (Wildman–Crippen LogP) is 4.16. The second-order valence-corrected chi connectivity index (χ2v) is 8.37. The number of halogens is 4. The number of allylic oxidation sites excluding steroid dienone is 1. The lowest BCUT2D eigenvalue weighted by molar-refractivity contribution is -0.138. The van der Waals surface area contributed by atoms with Crippen molar-refractivity contribution in [1.82, 2.24) is 15.8 Å². The van der Waals surface area contributed by atoms with Crippen LogP contribution in [0.1, 0.15) is 29.7 Å². The van der Waals surface area contributed by atoms with Gasteiger partial charge in [0, 0.05) is 15.9 Å². The summed E-state index contributed by atoms with van der Waals surface area (Å²) in [6.45, 7) is 1.57. The van der Waals surface area contributed by atoms with Crippen LogP contribution in [0.5, 0.6) is 0 Å². The Bertz CT molecular complexity index is 1260. The SMILES string of the molecule is COC(=O)C1=C(C)N(c2cccc(C(F)(F)F)c2)C2NNC(=O)N2C1c1ccc(C#N)cc1Br. The molecule has 2 unspecified atom stereocenters. The maximum Gasteiger partial charge on any atom is 0.416 e. The quantitative estimate of drug-likeness (QED) is 0.572. The lowest BCUT2D eigenvalue weighted by Crippen LogP contribution is -2.56. The Morgan fingerprint density at radius 3 is 2.59 bits per heavy atom. The Labute approximate surface area is 200 Å². The first-order chi connectivity index (χ1) is 16.1. The number of carbonyl (C=O) groups excluding carboxylic acids is 2. The van der Waals surface area contributed by atoms with Crippen molar-refractivity contribution < 1.29 is 27.5 Å². The number of hydrazine groups is 1. The van der Waals surface area contributed by atoms with Crippen molar-refractivity contribution in [2.45, 2.75) is 25.4 Å². The van der Waals surface area contributed by atoms with Gasteiger partial charge in [0.15, 0.2) is 6.29 Å². The maximum atomic E-state index is 13.4. The molecule has 0 bridgehead atoms. The summed E-state index contributed by atoms with van der Waals surface area (Å²) in [5.74, 6) is -0.756. The van der Waals surface area contributed by atoms with Gasteiger partial charge in [-0.2, -0.15) is 23.9 Å². The van der Waals surface area contributed by atoms with Gasteiger partial charge in [-0.15, -0.1) is 0 Å². The average Bonchev–Trinajstić information content (AvgIpc) is 3.18. The molecule has 12 heteroatoms. The molecule has 2 N–H and O–H groups in total. The zero-order valence-electron chi connectivity index (χ0n) is 17.8. The van der Waals surface area contributed by atoms with Crippen LogP contribution in [0, 0.1) is 11.3 Å². The van der Waals surface area contributed by atoms with Crippen LogP contribution in [0.2, 0.25) is 0 Å². The summed E-state index contributed by atoms with van der Waals surface area (Å²) in [7, 11) is 1.18. The molecule has 8 nitrogen and oxygen atoms in total. The van der Waals surface area contributed by atoms with E-state index < -0.39 is 36.1 Å². The number of urea groups is 1. The number of nitrogens with one attached hydrogen (secondary N) is 2. The lowest BCUT2D eigenvalue weighted by Gasteiger charge is -2.45. The summed E-state index contributed by atoms with van der Waals surface area (Å²) < 4.78 is 45.6. The molecule has 2 atom stereocenters. The predicted molar refractivity (Wildman–Crippen MR) is 118 cm³/mol. The molecule has 0 aliphatic carbocycles. The number of fused-ring (bicyclic) bond motifs is 1. The Hall–Kier alpha value is -3.56. The van der Waals surface area contributed by atoms with Gasteiger partial charge >= 0.3 is 18.2 Å².